The second kappa shape index (κ2) is 8.45. The lowest BCUT2D eigenvalue weighted by atomic mass is 9.62. The zero-order valence-electron chi connectivity index (χ0n) is 18.9. The number of carbonyl (C=O) groups is 3. The Balaban J connectivity index is 2.19. The highest BCUT2D eigenvalue weighted by Gasteiger charge is 2.49. The molecule has 31 heavy (non-hydrogen) atoms. The minimum Gasteiger partial charge on any atom is -0.512 e. The third-order valence-corrected chi connectivity index (χ3v) is 6.15. The van der Waals surface area contributed by atoms with E-state index in [1.807, 2.05) is 27.7 Å². The molecule has 2 aliphatic rings. The fraction of sp³-hybridized carbons (Fsp3) is 0.500. The quantitative estimate of drug-likeness (QED) is 0.507. The summed E-state index contributed by atoms with van der Waals surface area (Å²) in [6, 6.07) is 7.12. The van der Waals surface area contributed by atoms with Gasteiger partial charge in [0, 0.05) is 42.7 Å². The second-order valence-corrected chi connectivity index (χ2v) is 10.3. The highest BCUT2D eigenvalue weighted by Crippen LogP contribution is 2.49. The van der Waals surface area contributed by atoms with Crippen LogP contribution < -0.4 is 4.74 Å². The van der Waals surface area contributed by atoms with Crippen molar-refractivity contribution in [3.63, 3.8) is 0 Å². The molecule has 0 bridgehead atoms. The van der Waals surface area contributed by atoms with Crippen LogP contribution in [0.15, 0.2) is 48.3 Å². The van der Waals surface area contributed by atoms with E-state index in [9.17, 15) is 19.5 Å². The van der Waals surface area contributed by atoms with Gasteiger partial charge in [-0.05, 0) is 16.9 Å². The lowest BCUT2D eigenvalue weighted by molar-refractivity contribution is -0.140. The second-order valence-electron chi connectivity index (χ2n) is 10.3. The fourth-order valence-corrected chi connectivity index (χ4v) is 4.95. The van der Waals surface area contributed by atoms with E-state index in [2.05, 4.69) is 6.58 Å². The Morgan fingerprint density at radius 3 is 2.19 bits per heavy atom. The van der Waals surface area contributed by atoms with Crippen molar-refractivity contribution < 1.29 is 24.2 Å². The Labute approximate surface area is 184 Å². The number of allylic oxidation sites excluding steroid dienone is 2. The molecule has 1 saturated carbocycles. The number of ether oxygens (including phenoxy) is 1. The van der Waals surface area contributed by atoms with E-state index in [1.54, 1.807) is 30.3 Å². The summed E-state index contributed by atoms with van der Waals surface area (Å²) >= 11 is 0. The van der Waals surface area contributed by atoms with Gasteiger partial charge in [-0.3, -0.25) is 14.4 Å². The molecule has 0 heterocycles. The first-order chi connectivity index (χ1) is 14.5. The summed E-state index contributed by atoms with van der Waals surface area (Å²) in [5.74, 6) is -2.02. The first kappa shape index (κ1) is 23.0. The topological polar surface area (TPSA) is 80.7 Å². The third kappa shape index (κ3) is 4.81. The van der Waals surface area contributed by atoms with Gasteiger partial charge >= 0.3 is 0 Å². The zero-order valence-corrected chi connectivity index (χ0v) is 18.9. The van der Waals surface area contributed by atoms with Crippen molar-refractivity contribution in [3.05, 3.63) is 53.8 Å². The number of carbonyl (C=O) groups excluding carboxylic acids is 3. The molecule has 1 aromatic carbocycles. The van der Waals surface area contributed by atoms with Crippen LogP contribution in [0.2, 0.25) is 0 Å². The number of hydrogen-bond donors (Lipinski definition) is 1. The Bertz CT molecular complexity index is 930. The molecule has 2 aliphatic carbocycles. The third-order valence-electron chi connectivity index (χ3n) is 6.15. The van der Waals surface area contributed by atoms with Gasteiger partial charge in [0.1, 0.15) is 29.7 Å². The van der Waals surface area contributed by atoms with E-state index >= 15 is 0 Å². The fourth-order valence-electron chi connectivity index (χ4n) is 4.95. The number of rotatable bonds is 6. The Kier molecular flexibility index (Phi) is 6.26. The Morgan fingerprint density at radius 1 is 1.03 bits per heavy atom. The molecule has 0 radical (unpaired) electrons. The van der Waals surface area contributed by atoms with Crippen LogP contribution in [0.3, 0.4) is 0 Å². The Morgan fingerprint density at radius 2 is 1.61 bits per heavy atom. The van der Waals surface area contributed by atoms with Crippen molar-refractivity contribution in [1.29, 1.82) is 0 Å². The normalized spacial score (nSPS) is 22.4. The summed E-state index contributed by atoms with van der Waals surface area (Å²) < 4.78 is 5.82. The molecule has 1 atom stereocenters. The molecule has 0 amide bonds. The summed E-state index contributed by atoms with van der Waals surface area (Å²) in [6.45, 7) is 11.6. The monoisotopic (exact) mass is 424 g/mol. The summed E-state index contributed by atoms with van der Waals surface area (Å²) in [5, 5.41) is 11.0. The van der Waals surface area contributed by atoms with Gasteiger partial charge < -0.3 is 9.84 Å². The van der Waals surface area contributed by atoms with Gasteiger partial charge in [0.25, 0.3) is 0 Å². The minimum absolute atomic E-state index is 0.0322. The summed E-state index contributed by atoms with van der Waals surface area (Å²) in [5.41, 5.74) is -0.0366. The number of aliphatic hydroxyl groups is 1. The van der Waals surface area contributed by atoms with Crippen LogP contribution in [0, 0.1) is 16.7 Å². The number of hydrogen-bond acceptors (Lipinski definition) is 5. The van der Waals surface area contributed by atoms with Gasteiger partial charge in [-0.1, -0.05) is 58.5 Å². The van der Waals surface area contributed by atoms with Crippen molar-refractivity contribution in [3.8, 4) is 5.75 Å². The average Bonchev–Trinajstić information content (AvgIpc) is 2.62. The first-order valence-corrected chi connectivity index (χ1v) is 10.8. The van der Waals surface area contributed by atoms with Crippen molar-refractivity contribution >= 4 is 17.3 Å². The van der Waals surface area contributed by atoms with Gasteiger partial charge in [-0.15, -0.1) is 0 Å². The molecule has 0 aliphatic heterocycles. The van der Waals surface area contributed by atoms with Gasteiger partial charge in [-0.25, -0.2) is 0 Å². The van der Waals surface area contributed by atoms with Crippen molar-refractivity contribution in [2.24, 2.45) is 16.7 Å². The number of Topliss-reactive ketones (excluding diaryl/α,β-unsaturated/α-hetero) is 3. The van der Waals surface area contributed by atoms with Gasteiger partial charge in [0.15, 0.2) is 5.78 Å². The molecule has 3 rings (SSSR count). The van der Waals surface area contributed by atoms with Crippen LogP contribution in [0.4, 0.5) is 0 Å². The van der Waals surface area contributed by atoms with E-state index in [0.29, 0.717) is 17.7 Å². The standard InChI is InChI=1S/C26H32O5/c1-6-11-31-21-10-8-7-9-16(21)22(23-17(27)12-25(2,3)13-18(23)28)24-19(29)14-26(4,5)15-20(24)30/h6-10,22-23,29H,1,11-15H2,2-5H3. The van der Waals surface area contributed by atoms with E-state index in [0.717, 1.165) is 0 Å². The summed E-state index contributed by atoms with van der Waals surface area (Å²) in [4.78, 5) is 39.7. The van der Waals surface area contributed by atoms with Crippen LogP contribution >= 0.6 is 0 Å². The number of para-hydroxylation sites is 1. The van der Waals surface area contributed by atoms with Crippen molar-refractivity contribution in [1.82, 2.24) is 0 Å². The maximum absolute atomic E-state index is 13.3. The van der Waals surface area contributed by atoms with Crippen LogP contribution in [0.25, 0.3) is 0 Å². The Hall–Kier alpha value is -2.69. The molecule has 1 aromatic rings. The lowest BCUT2D eigenvalue weighted by Crippen LogP contribution is -2.43. The van der Waals surface area contributed by atoms with Crippen LogP contribution in [-0.2, 0) is 14.4 Å². The molecule has 1 fully saturated rings. The number of ketones is 3. The molecule has 1 N–H and O–H groups in total. The van der Waals surface area contributed by atoms with Gasteiger partial charge in [0.05, 0.1) is 5.92 Å². The number of benzene rings is 1. The zero-order chi connectivity index (χ0) is 23.0. The smallest absolute Gasteiger partial charge is 0.163 e. The van der Waals surface area contributed by atoms with E-state index < -0.39 is 17.3 Å². The molecular weight excluding hydrogens is 392 g/mol. The molecule has 0 saturated heterocycles. The van der Waals surface area contributed by atoms with Crippen molar-refractivity contribution in [2.75, 3.05) is 6.61 Å². The number of aliphatic hydroxyl groups excluding tert-OH is 1. The van der Waals surface area contributed by atoms with Crippen molar-refractivity contribution in [2.45, 2.75) is 59.3 Å². The predicted octanol–water partition coefficient (Wildman–Crippen LogP) is 5.11. The van der Waals surface area contributed by atoms with Gasteiger partial charge in [0.2, 0.25) is 0 Å². The average molecular weight is 425 g/mol. The predicted molar refractivity (Wildman–Crippen MR) is 119 cm³/mol. The van der Waals surface area contributed by atoms with Crippen LogP contribution in [0.5, 0.6) is 5.75 Å². The molecule has 5 heteroatoms. The maximum atomic E-state index is 13.3. The first-order valence-electron chi connectivity index (χ1n) is 10.8. The summed E-state index contributed by atoms with van der Waals surface area (Å²) in [6.07, 6.45) is 2.68. The molecular formula is C26H32O5. The largest absolute Gasteiger partial charge is 0.512 e. The van der Waals surface area contributed by atoms with E-state index in [4.69, 9.17) is 4.74 Å². The van der Waals surface area contributed by atoms with Gasteiger partial charge in [-0.2, -0.15) is 0 Å². The molecule has 1 unspecified atom stereocenters. The van der Waals surface area contributed by atoms with E-state index in [1.165, 1.54) is 0 Å². The summed E-state index contributed by atoms with van der Waals surface area (Å²) in [7, 11) is 0. The highest BCUT2D eigenvalue weighted by molar-refractivity contribution is 6.09. The molecule has 0 spiro atoms. The molecule has 166 valence electrons. The molecule has 5 nitrogen and oxygen atoms in total. The lowest BCUT2D eigenvalue weighted by Gasteiger charge is -2.39. The highest BCUT2D eigenvalue weighted by atomic mass is 16.5. The van der Waals surface area contributed by atoms with Crippen LogP contribution in [0.1, 0.15) is 64.9 Å². The SMILES string of the molecule is C=CCOc1ccccc1C(C1=C(O)CC(C)(C)CC1=O)C1C(=O)CC(C)(C)CC1=O. The van der Waals surface area contributed by atoms with Crippen LogP contribution in [-0.4, -0.2) is 29.1 Å². The van der Waals surface area contributed by atoms with E-state index in [-0.39, 0.29) is 60.0 Å². The maximum Gasteiger partial charge on any atom is 0.163 e. The minimum atomic E-state index is -1.01. The molecule has 0 aromatic heterocycles.